The van der Waals surface area contributed by atoms with Crippen molar-refractivity contribution >= 4 is 28.1 Å². The number of H-pyrrole nitrogens is 1. The van der Waals surface area contributed by atoms with Crippen molar-refractivity contribution in [3.05, 3.63) is 40.8 Å². The number of thiazole rings is 1. The molecule has 0 bridgehead atoms. The van der Waals surface area contributed by atoms with Crippen LogP contribution in [0.4, 0.5) is 0 Å². The normalized spacial score (nSPS) is 10.8. The van der Waals surface area contributed by atoms with Crippen LogP contribution in [0.2, 0.25) is 0 Å². The maximum atomic E-state index is 10.9. The number of nitrogens with zero attached hydrogens (tertiary/aromatic N) is 1. The predicted molar refractivity (Wildman–Crippen MR) is 76.9 cm³/mol. The molecule has 1 amide bonds. The van der Waals surface area contributed by atoms with Gasteiger partial charge in [0.25, 0.3) is 0 Å². The molecule has 2 heterocycles. The van der Waals surface area contributed by atoms with E-state index in [4.69, 9.17) is 0 Å². The smallest absolute Gasteiger partial charge is 0.217 e. The van der Waals surface area contributed by atoms with Crippen LogP contribution in [0.1, 0.15) is 11.9 Å². The van der Waals surface area contributed by atoms with E-state index in [1.807, 2.05) is 29.8 Å². The molecule has 0 atom stereocenters. The number of amides is 1. The molecule has 0 fully saturated rings. The monoisotopic (exact) mass is 271 g/mol. The third-order valence-corrected chi connectivity index (χ3v) is 3.75. The number of hydrogen-bond donors (Lipinski definition) is 2. The number of aromatic amines is 1. The fourth-order valence-electron chi connectivity index (χ4n) is 2.00. The van der Waals surface area contributed by atoms with Crippen LogP contribution >= 0.6 is 11.3 Å². The van der Waals surface area contributed by atoms with Crippen molar-refractivity contribution in [2.75, 3.05) is 0 Å². The van der Waals surface area contributed by atoms with Gasteiger partial charge in [-0.25, -0.2) is 4.98 Å². The van der Waals surface area contributed by atoms with Gasteiger partial charge in [-0.05, 0) is 6.07 Å². The molecule has 0 saturated heterocycles. The minimum Gasteiger partial charge on any atom is -0.360 e. The number of rotatable bonds is 3. The van der Waals surface area contributed by atoms with Crippen LogP contribution in [-0.4, -0.2) is 15.9 Å². The number of carbonyl (C=O) groups is 1. The predicted octanol–water partition coefficient (Wildman–Crippen LogP) is 2.93. The molecule has 1 aromatic carbocycles. The summed E-state index contributed by atoms with van der Waals surface area (Å²) in [5.74, 6) is -0.0381. The lowest BCUT2D eigenvalue weighted by Crippen LogP contribution is -2.18. The molecule has 3 rings (SSSR count). The van der Waals surface area contributed by atoms with E-state index in [2.05, 4.69) is 21.4 Å². The Balaban J connectivity index is 1.92. The molecule has 0 radical (unpaired) electrons. The molecule has 4 nitrogen and oxygen atoms in total. The second kappa shape index (κ2) is 4.85. The van der Waals surface area contributed by atoms with Crippen molar-refractivity contribution in [2.24, 2.45) is 0 Å². The first kappa shape index (κ1) is 11.9. The first-order valence-electron chi connectivity index (χ1n) is 5.99. The van der Waals surface area contributed by atoms with Gasteiger partial charge in [0.05, 0.1) is 12.2 Å². The lowest BCUT2D eigenvalue weighted by atomic mass is 10.1. The number of carbonyl (C=O) groups excluding carboxylic acids is 1. The third-order valence-electron chi connectivity index (χ3n) is 2.91. The molecule has 0 aliphatic carbocycles. The van der Waals surface area contributed by atoms with Crippen LogP contribution in [0.5, 0.6) is 0 Å². The molecule has 2 N–H and O–H groups in total. The average Bonchev–Trinajstić information content (AvgIpc) is 3.02. The first-order valence-corrected chi connectivity index (χ1v) is 6.87. The Morgan fingerprint density at radius 3 is 3.11 bits per heavy atom. The van der Waals surface area contributed by atoms with Crippen molar-refractivity contribution in [3.8, 4) is 11.3 Å². The Morgan fingerprint density at radius 2 is 2.26 bits per heavy atom. The van der Waals surface area contributed by atoms with Gasteiger partial charge in [-0.2, -0.15) is 0 Å². The van der Waals surface area contributed by atoms with Crippen LogP contribution in [0.15, 0.2) is 35.8 Å². The van der Waals surface area contributed by atoms with Gasteiger partial charge in [0, 0.05) is 35.0 Å². The van der Waals surface area contributed by atoms with E-state index in [1.165, 1.54) is 12.3 Å². The largest absolute Gasteiger partial charge is 0.360 e. The Morgan fingerprint density at radius 1 is 1.42 bits per heavy atom. The molecule has 0 unspecified atom stereocenters. The Labute approximate surface area is 114 Å². The number of aromatic nitrogens is 2. The van der Waals surface area contributed by atoms with Crippen molar-refractivity contribution in [3.63, 3.8) is 0 Å². The van der Waals surface area contributed by atoms with Gasteiger partial charge in [0.15, 0.2) is 0 Å². The van der Waals surface area contributed by atoms with Crippen LogP contribution in [-0.2, 0) is 11.3 Å². The summed E-state index contributed by atoms with van der Waals surface area (Å²) in [6, 6.07) is 8.15. The summed E-state index contributed by atoms with van der Waals surface area (Å²) in [5.41, 5.74) is 3.15. The summed E-state index contributed by atoms with van der Waals surface area (Å²) in [6.45, 7) is 2.00. The molecule has 2 aromatic heterocycles. The highest BCUT2D eigenvalue weighted by Crippen LogP contribution is 2.29. The van der Waals surface area contributed by atoms with Crippen molar-refractivity contribution in [1.82, 2.24) is 15.3 Å². The number of nitrogens with one attached hydrogen (secondary N) is 2. The van der Waals surface area contributed by atoms with Crippen LogP contribution in [0.25, 0.3) is 22.2 Å². The molecule has 0 aliphatic heterocycles. The number of fused-ring (bicyclic) bond motifs is 1. The zero-order chi connectivity index (χ0) is 13.2. The molecular formula is C14H13N3OS. The second-order valence-corrected chi connectivity index (χ2v) is 5.23. The summed E-state index contributed by atoms with van der Waals surface area (Å²) in [7, 11) is 0. The van der Waals surface area contributed by atoms with Gasteiger partial charge >= 0.3 is 0 Å². The zero-order valence-corrected chi connectivity index (χ0v) is 11.3. The Kier molecular flexibility index (Phi) is 3.05. The van der Waals surface area contributed by atoms with Crippen LogP contribution < -0.4 is 5.32 Å². The van der Waals surface area contributed by atoms with Gasteiger partial charge in [0.1, 0.15) is 5.01 Å². The highest BCUT2D eigenvalue weighted by molar-refractivity contribution is 7.09. The van der Waals surface area contributed by atoms with Crippen LogP contribution in [0, 0.1) is 0 Å². The minimum atomic E-state index is -0.0381. The maximum Gasteiger partial charge on any atom is 0.217 e. The van der Waals surface area contributed by atoms with Gasteiger partial charge in [-0.15, -0.1) is 11.3 Å². The third kappa shape index (κ3) is 2.37. The second-order valence-electron chi connectivity index (χ2n) is 4.28. The van der Waals surface area contributed by atoms with Crippen molar-refractivity contribution in [2.45, 2.75) is 13.5 Å². The molecule has 3 aromatic rings. The molecular weight excluding hydrogens is 258 g/mol. The summed E-state index contributed by atoms with van der Waals surface area (Å²) in [6.07, 6.45) is 1.97. The summed E-state index contributed by atoms with van der Waals surface area (Å²) in [5, 5.41) is 6.86. The number of hydrogen-bond acceptors (Lipinski definition) is 3. The lowest BCUT2D eigenvalue weighted by Gasteiger charge is -1.97. The average molecular weight is 271 g/mol. The molecule has 19 heavy (non-hydrogen) atoms. The maximum absolute atomic E-state index is 10.9. The SMILES string of the molecule is CC(=O)NCc1nc(-c2c[nH]c3ccccc23)cs1. The van der Waals surface area contributed by atoms with E-state index in [0.717, 1.165) is 21.8 Å². The van der Waals surface area contributed by atoms with Gasteiger partial charge in [-0.3, -0.25) is 4.79 Å². The Bertz CT molecular complexity index is 729. The van der Waals surface area contributed by atoms with Gasteiger partial charge in [-0.1, -0.05) is 18.2 Å². The summed E-state index contributed by atoms with van der Waals surface area (Å²) < 4.78 is 0. The molecule has 0 spiro atoms. The minimum absolute atomic E-state index is 0.0381. The molecule has 5 heteroatoms. The molecule has 0 aliphatic rings. The first-order chi connectivity index (χ1) is 9.24. The summed E-state index contributed by atoms with van der Waals surface area (Å²) in [4.78, 5) is 18.7. The highest BCUT2D eigenvalue weighted by Gasteiger charge is 2.09. The van der Waals surface area contributed by atoms with E-state index < -0.39 is 0 Å². The number of para-hydroxylation sites is 1. The van der Waals surface area contributed by atoms with Gasteiger partial charge in [0.2, 0.25) is 5.91 Å². The quantitative estimate of drug-likeness (QED) is 0.769. The number of benzene rings is 1. The molecule has 96 valence electrons. The fraction of sp³-hybridized carbons (Fsp3) is 0.143. The van der Waals surface area contributed by atoms with E-state index in [9.17, 15) is 4.79 Å². The van der Waals surface area contributed by atoms with Crippen molar-refractivity contribution < 1.29 is 4.79 Å². The van der Waals surface area contributed by atoms with E-state index in [0.29, 0.717) is 6.54 Å². The van der Waals surface area contributed by atoms with E-state index in [1.54, 1.807) is 11.3 Å². The van der Waals surface area contributed by atoms with E-state index >= 15 is 0 Å². The van der Waals surface area contributed by atoms with Crippen LogP contribution in [0.3, 0.4) is 0 Å². The summed E-state index contributed by atoms with van der Waals surface area (Å²) >= 11 is 1.56. The van der Waals surface area contributed by atoms with Gasteiger partial charge < -0.3 is 10.3 Å². The van der Waals surface area contributed by atoms with Crippen molar-refractivity contribution in [1.29, 1.82) is 0 Å². The van der Waals surface area contributed by atoms with E-state index in [-0.39, 0.29) is 5.91 Å². The standard InChI is InChI=1S/C14H13N3OS/c1-9(18)15-7-14-17-13(8-19-14)11-6-16-12-5-3-2-4-10(11)12/h2-6,8,16H,7H2,1H3,(H,15,18). The Hall–Kier alpha value is -2.14. The highest BCUT2D eigenvalue weighted by atomic mass is 32.1. The topological polar surface area (TPSA) is 57.8 Å². The fourth-order valence-corrected chi connectivity index (χ4v) is 2.73. The zero-order valence-electron chi connectivity index (χ0n) is 10.4. The lowest BCUT2D eigenvalue weighted by molar-refractivity contribution is -0.119. The molecule has 0 saturated carbocycles.